The molecule has 0 unspecified atom stereocenters. The summed E-state index contributed by atoms with van der Waals surface area (Å²) in [6.07, 6.45) is -0.555. The molecule has 2 heterocycles. The van der Waals surface area contributed by atoms with Crippen LogP contribution >= 0.6 is 22.9 Å². The number of hydrogen-bond acceptors (Lipinski definition) is 6. The summed E-state index contributed by atoms with van der Waals surface area (Å²) in [5, 5.41) is 18.7. The van der Waals surface area contributed by atoms with Crippen molar-refractivity contribution < 1.29 is 24.2 Å². The smallest absolute Gasteiger partial charge is 0.412 e. The summed E-state index contributed by atoms with van der Waals surface area (Å²) in [5.41, 5.74) is 2.39. The first-order chi connectivity index (χ1) is 21.0. The second kappa shape index (κ2) is 11.5. The first-order valence-corrected chi connectivity index (χ1v) is 15.4. The van der Waals surface area contributed by atoms with Gasteiger partial charge in [0.2, 0.25) is 0 Å². The van der Waals surface area contributed by atoms with Crippen molar-refractivity contribution in [2.75, 3.05) is 28.0 Å². The van der Waals surface area contributed by atoms with Crippen LogP contribution in [-0.4, -0.2) is 41.0 Å². The lowest BCUT2D eigenvalue weighted by Gasteiger charge is -2.19. The number of carbonyl (C=O) groups excluding carboxylic acids is 3. The number of phenolic OH excluding ortho intramolecular Hbond substituents is 1. The Bertz CT molecular complexity index is 1950. The quantitative estimate of drug-likeness (QED) is 0.170. The zero-order chi connectivity index (χ0) is 31.2. The fourth-order valence-electron chi connectivity index (χ4n) is 5.48. The number of alkyl halides is 1. The van der Waals surface area contributed by atoms with Gasteiger partial charge in [0.1, 0.15) is 11.4 Å². The lowest BCUT2D eigenvalue weighted by molar-refractivity contribution is 0.0635. The number of rotatable bonds is 5. The molecular formula is C34H30ClN3O5S. The summed E-state index contributed by atoms with van der Waals surface area (Å²) in [6, 6.07) is 23.1. The van der Waals surface area contributed by atoms with Gasteiger partial charge in [0.05, 0.1) is 10.6 Å². The minimum Gasteiger partial charge on any atom is -0.507 e. The molecule has 3 amide bonds. The van der Waals surface area contributed by atoms with Gasteiger partial charge in [-0.15, -0.1) is 22.9 Å². The van der Waals surface area contributed by atoms with E-state index in [2.05, 4.69) is 10.6 Å². The van der Waals surface area contributed by atoms with Crippen LogP contribution in [0.1, 0.15) is 52.3 Å². The number of phenols is 1. The van der Waals surface area contributed by atoms with Crippen molar-refractivity contribution in [3.63, 3.8) is 0 Å². The standard InChI is InChI=1S/C34H30ClN3O5S/c1-34(2,3)43-33(42)37-23-11-12-28-20(14-23)15-29(44-28)31(40)36-22-8-6-7-19(13-22)32(41)38-18-21(17-35)30-25-10-5-4-9-24(25)27(39)16-26(30)38/h4-16,21,39H,17-18H2,1-3H3,(H,36,40)(H,37,42)/t21-/m1/s1. The van der Waals surface area contributed by atoms with Gasteiger partial charge in [0.25, 0.3) is 11.8 Å². The molecule has 1 atom stereocenters. The monoisotopic (exact) mass is 627 g/mol. The molecule has 5 aromatic rings. The first-order valence-electron chi connectivity index (χ1n) is 14.1. The van der Waals surface area contributed by atoms with E-state index in [1.165, 1.54) is 11.3 Å². The molecule has 0 spiro atoms. The molecule has 8 nitrogen and oxygen atoms in total. The number of nitrogens with one attached hydrogen (secondary N) is 2. The molecule has 10 heteroatoms. The van der Waals surface area contributed by atoms with Gasteiger partial charge in [0, 0.05) is 51.4 Å². The third kappa shape index (κ3) is 5.80. The van der Waals surface area contributed by atoms with Crippen molar-refractivity contribution in [1.29, 1.82) is 0 Å². The molecule has 3 N–H and O–H groups in total. The van der Waals surface area contributed by atoms with Crippen LogP contribution in [-0.2, 0) is 4.74 Å². The number of benzene rings is 4. The number of thiophene rings is 1. The van der Waals surface area contributed by atoms with E-state index in [4.69, 9.17) is 16.3 Å². The van der Waals surface area contributed by atoms with Crippen LogP contribution in [0.3, 0.4) is 0 Å². The average Bonchev–Trinajstić information content (AvgIpc) is 3.57. The number of hydrogen-bond donors (Lipinski definition) is 3. The van der Waals surface area contributed by atoms with Crippen molar-refractivity contribution in [2.45, 2.75) is 32.3 Å². The summed E-state index contributed by atoms with van der Waals surface area (Å²) in [5.74, 6) is -0.226. The summed E-state index contributed by atoms with van der Waals surface area (Å²) in [6.45, 7) is 5.76. The summed E-state index contributed by atoms with van der Waals surface area (Å²) >= 11 is 7.67. The van der Waals surface area contributed by atoms with Crippen LogP contribution in [0.4, 0.5) is 21.9 Å². The van der Waals surface area contributed by atoms with Gasteiger partial charge in [-0.3, -0.25) is 14.9 Å². The molecule has 0 aliphatic carbocycles. The van der Waals surface area contributed by atoms with E-state index in [1.807, 2.05) is 30.3 Å². The van der Waals surface area contributed by atoms with Crippen LogP contribution < -0.4 is 15.5 Å². The average molecular weight is 628 g/mol. The molecule has 224 valence electrons. The second-order valence-electron chi connectivity index (χ2n) is 11.7. The zero-order valence-electron chi connectivity index (χ0n) is 24.3. The normalized spacial score (nSPS) is 14.5. The Morgan fingerprint density at radius 3 is 2.45 bits per heavy atom. The van der Waals surface area contributed by atoms with Gasteiger partial charge in [-0.25, -0.2) is 4.79 Å². The lowest BCUT2D eigenvalue weighted by atomic mass is 9.95. The maximum absolute atomic E-state index is 13.8. The van der Waals surface area contributed by atoms with Crippen LogP contribution in [0.15, 0.2) is 78.9 Å². The van der Waals surface area contributed by atoms with Gasteiger partial charge in [-0.05, 0) is 79.6 Å². The molecule has 0 fully saturated rings. The highest BCUT2D eigenvalue weighted by atomic mass is 35.5. The molecule has 1 aliphatic heterocycles. The van der Waals surface area contributed by atoms with Gasteiger partial charge in [0.15, 0.2) is 0 Å². The highest BCUT2D eigenvalue weighted by Gasteiger charge is 2.35. The van der Waals surface area contributed by atoms with Gasteiger partial charge >= 0.3 is 6.09 Å². The first kappa shape index (κ1) is 29.5. The lowest BCUT2D eigenvalue weighted by Crippen LogP contribution is -2.30. The van der Waals surface area contributed by atoms with E-state index in [0.717, 1.165) is 26.4 Å². The van der Waals surface area contributed by atoms with E-state index in [1.54, 1.807) is 74.2 Å². The number of ether oxygens (including phenoxy) is 1. The molecule has 0 bridgehead atoms. The fourth-order valence-corrected chi connectivity index (χ4v) is 6.67. The van der Waals surface area contributed by atoms with Crippen molar-refractivity contribution in [1.82, 2.24) is 0 Å². The molecular weight excluding hydrogens is 598 g/mol. The number of aromatic hydroxyl groups is 1. The van der Waals surface area contributed by atoms with Gasteiger partial charge in [-0.1, -0.05) is 30.3 Å². The van der Waals surface area contributed by atoms with E-state index >= 15 is 0 Å². The van der Waals surface area contributed by atoms with E-state index in [9.17, 15) is 19.5 Å². The van der Waals surface area contributed by atoms with Gasteiger partial charge in [-0.2, -0.15) is 0 Å². The van der Waals surface area contributed by atoms with Crippen LogP contribution in [0.5, 0.6) is 5.75 Å². The minimum atomic E-state index is -0.618. The Morgan fingerprint density at radius 2 is 1.70 bits per heavy atom. The maximum atomic E-state index is 13.8. The predicted octanol–water partition coefficient (Wildman–Crippen LogP) is 8.34. The zero-order valence-corrected chi connectivity index (χ0v) is 25.9. The Hall–Kier alpha value is -4.60. The summed E-state index contributed by atoms with van der Waals surface area (Å²) in [4.78, 5) is 41.3. The topological polar surface area (TPSA) is 108 Å². The molecule has 0 saturated carbocycles. The van der Waals surface area contributed by atoms with Gasteiger partial charge < -0.3 is 20.1 Å². The van der Waals surface area contributed by atoms with Crippen LogP contribution in [0.2, 0.25) is 0 Å². The molecule has 0 radical (unpaired) electrons. The highest BCUT2D eigenvalue weighted by molar-refractivity contribution is 7.20. The molecule has 1 aromatic heterocycles. The van der Waals surface area contributed by atoms with Crippen molar-refractivity contribution >= 4 is 78.8 Å². The fraction of sp³-hybridized carbons (Fsp3) is 0.206. The molecule has 0 saturated heterocycles. The summed E-state index contributed by atoms with van der Waals surface area (Å²) < 4.78 is 6.20. The van der Waals surface area contributed by atoms with E-state index in [-0.39, 0.29) is 23.5 Å². The molecule has 4 aromatic carbocycles. The predicted molar refractivity (Wildman–Crippen MR) is 177 cm³/mol. The number of carbonyl (C=O) groups is 3. The minimum absolute atomic E-state index is 0.0863. The maximum Gasteiger partial charge on any atom is 0.412 e. The number of amides is 3. The summed E-state index contributed by atoms with van der Waals surface area (Å²) in [7, 11) is 0. The molecule has 6 rings (SSSR count). The SMILES string of the molecule is CC(C)(C)OC(=O)Nc1ccc2sc(C(=O)Nc3cccc(C(=O)N4C[C@@H](CCl)c5c4cc(O)c4ccccc54)c3)cc2c1. The second-order valence-corrected chi connectivity index (χ2v) is 13.1. The molecule has 1 aliphatic rings. The number of fused-ring (bicyclic) bond motifs is 4. The Labute approximate surface area is 263 Å². The Morgan fingerprint density at radius 1 is 0.955 bits per heavy atom. The van der Waals surface area contributed by atoms with Crippen molar-refractivity contribution in [3.8, 4) is 5.75 Å². The van der Waals surface area contributed by atoms with E-state index < -0.39 is 11.7 Å². The Balaban J connectivity index is 1.21. The molecule has 44 heavy (non-hydrogen) atoms. The van der Waals surface area contributed by atoms with Crippen LogP contribution in [0, 0.1) is 0 Å². The third-order valence-electron chi connectivity index (χ3n) is 7.33. The van der Waals surface area contributed by atoms with E-state index in [0.29, 0.717) is 39.9 Å². The van der Waals surface area contributed by atoms with Crippen molar-refractivity contribution in [2.24, 2.45) is 0 Å². The van der Waals surface area contributed by atoms with Crippen LogP contribution in [0.25, 0.3) is 20.9 Å². The largest absolute Gasteiger partial charge is 0.507 e. The number of anilines is 3. The number of nitrogens with zero attached hydrogens (tertiary/aromatic N) is 1. The highest BCUT2D eigenvalue weighted by Crippen LogP contribution is 2.45. The number of halogens is 1. The third-order valence-corrected chi connectivity index (χ3v) is 8.82. The van der Waals surface area contributed by atoms with Crippen molar-refractivity contribution in [3.05, 3.63) is 94.9 Å². The Kier molecular flexibility index (Phi) is 7.69.